The molecule has 1 unspecified atom stereocenters. The van der Waals surface area contributed by atoms with Gasteiger partial charge in [0, 0.05) is 11.6 Å². The Balaban J connectivity index is 2.10. The largest absolute Gasteiger partial charge is 0.494 e. The third-order valence-electron chi connectivity index (χ3n) is 4.59. The van der Waals surface area contributed by atoms with Crippen molar-refractivity contribution in [3.05, 3.63) is 65.5 Å². The third kappa shape index (κ3) is 3.12. The number of fused-ring (bicyclic) bond motifs is 1. The Morgan fingerprint density at radius 2 is 1.88 bits per heavy atom. The number of methoxy groups -OCH3 is 1. The summed E-state index contributed by atoms with van der Waals surface area (Å²) in [6.07, 6.45) is 8.33. The first-order valence-corrected chi connectivity index (χ1v) is 8.52. The van der Waals surface area contributed by atoms with Crippen molar-refractivity contribution < 1.29 is 4.74 Å². The van der Waals surface area contributed by atoms with Gasteiger partial charge in [-0.3, -0.25) is 4.99 Å². The van der Waals surface area contributed by atoms with Crippen LogP contribution in [0.15, 0.2) is 75.5 Å². The average molecular weight is 320 g/mol. The number of dihydropyridines is 1. The van der Waals surface area contributed by atoms with Crippen molar-refractivity contribution in [2.24, 2.45) is 9.98 Å². The zero-order valence-corrected chi connectivity index (χ0v) is 14.8. The van der Waals surface area contributed by atoms with E-state index in [4.69, 9.17) is 14.7 Å². The van der Waals surface area contributed by atoms with Crippen LogP contribution in [0.1, 0.15) is 33.6 Å². The zero-order valence-electron chi connectivity index (χ0n) is 14.8. The van der Waals surface area contributed by atoms with Gasteiger partial charge in [0.25, 0.3) is 0 Å². The van der Waals surface area contributed by atoms with Crippen molar-refractivity contribution in [3.8, 4) is 0 Å². The molecule has 1 aromatic carbocycles. The van der Waals surface area contributed by atoms with Crippen molar-refractivity contribution in [1.82, 2.24) is 0 Å². The summed E-state index contributed by atoms with van der Waals surface area (Å²) in [5, 5.41) is 0. The summed E-state index contributed by atoms with van der Waals surface area (Å²) in [6, 6.07) is 9.98. The van der Waals surface area contributed by atoms with E-state index in [1.165, 1.54) is 5.57 Å². The highest BCUT2D eigenvalue weighted by atomic mass is 16.5. The molecule has 1 aromatic rings. The van der Waals surface area contributed by atoms with Crippen LogP contribution in [0.2, 0.25) is 0 Å². The minimum Gasteiger partial charge on any atom is -0.494 e. The van der Waals surface area contributed by atoms with Crippen LogP contribution in [0.4, 0.5) is 5.69 Å². The fourth-order valence-corrected chi connectivity index (χ4v) is 3.04. The Morgan fingerprint density at radius 3 is 2.50 bits per heavy atom. The number of hydrogen-bond donors (Lipinski definition) is 0. The molecule has 3 rings (SSSR count). The number of allylic oxidation sites excluding steroid dienone is 4. The average Bonchev–Trinajstić information content (AvgIpc) is 2.61. The first-order valence-electron chi connectivity index (χ1n) is 8.52. The summed E-state index contributed by atoms with van der Waals surface area (Å²) < 4.78 is 5.64. The molecule has 124 valence electrons. The molecule has 0 radical (unpaired) electrons. The van der Waals surface area contributed by atoms with Crippen LogP contribution in [-0.4, -0.2) is 24.1 Å². The second kappa shape index (κ2) is 6.60. The highest BCUT2D eigenvalue weighted by Crippen LogP contribution is 2.35. The van der Waals surface area contributed by atoms with E-state index in [-0.39, 0.29) is 5.54 Å². The summed E-state index contributed by atoms with van der Waals surface area (Å²) >= 11 is 0. The van der Waals surface area contributed by atoms with Gasteiger partial charge in [0.2, 0.25) is 0 Å². The highest BCUT2D eigenvalue weighted by Gasteiger charge is 2.31. The molecular formula is C21H24N2O. The van der Waals surface area contributed by atoms with Gasteiger partial charge < -0.3 is 4.74 Å². The number of rotatable bonds is 4. The van der Waals surface area contributed by atoms with Gasteiger partial charge in [0.1, 0.15) is 11.5 Å². The molecule has 1 aliphatic heterocycles. The van der Waals surface area contributed by atoms with E-state index in [0.29, 0.717) is 0 Å². The van der Waals surface area contributed by atoms with Gasteiger partial charge in [-0.05, 0) is 43.5 Å². The van der Waals surface area contributed by atoms with E-state index in [1.54, 1.807) is 7.11 Å². The molecule has 0 saturated heterocycles. The van der Waals surface area contributed by atoms with Gasteiger partial charge in [-0.2, -0.15) is 0 Å². The number of aliphatic imine (C=N–C) groups is 2. The van der Waals surface area contributed by atoms with Gasteiger partial charge in [-0.25, -0.2) is 4.99 Å². The third-order valence-corrected chi connectivity index (χ3v) is 4.59. The summed E-state index contributed by atoms with van der Waals surface area (Å²) in [6.45, 7) is 6.53. The Kier molecular flexibility index (Phi) is 4.52. The summed E-state index contributed by atoms with van der Waals surface area (Å²) in [4.78, 5) is 9.70. The van der Waals surface area contributed by atoms with E-state index in [2.05, 4.69) is 32.9 Å². The molecule has 0 amide bonds. The number of para-hydroxylation sites is 1. The molecule has 0 N–H and O–H groups in total. The first-order chi connectivity index (χ1) is 11.6. The molecule has 0 fully saturated rings. The Bertz CT molecular complexity index is 781. The Hall–Kier alpha value is -2.42. The smallest absolute Gasteiger partial charge is 0.146 e. The monoisotopic (exact) mass is 320 g/mol. The lowest BCUT2D eigenvalue weighted by Crippen LogP contribution is -2.30. The van der Waals surface area contributed by atoms with Gasteiger partial charge in [0.15, 0.2) is 0 Å². The van der Waals surface area contributed by atoms with Gasteiger partial charge in [0.05, 0.1) is 24.0 Å². The van der Waals surface area contributed by atoms with E-state index in [9.17, 15) is 0 Å². The van der Waals surface area contributed by atoms with Crippen LogP contribution >= 0.6 is 0 Å². The van der Waals surface area contributed by atoms with E-state index >= 15 is 0 Å². The van der Waals surface area contributed by atoms with Crippen molar-refractivity contribution in [3.63, 3.8) is 0 Å². The van der Waals surface area contributed by atoms with Gasteiger partial charge in [-0.15, -0.1) is 0 Å². The molecule has 1 atom stereocenters. The quantitative estimate of drug-likeness (QED) is 0.703. The Morgan fingerprint density at radius 1 is 1.12 bits per heavy atom. The van der Waals surface area contributed by atoms with Gasteiger partial charge >= 0.3 is 0 Å². The molecule has 0 spiro atoms. The summed E-state index contributed by atoms with van der Waals surface area (Å²) in [5.41, 5.74) is 5.07. The molecule has 3 nitrogen and oxygen atoms in total. The molecule has 0 saturated carbocycles. The van der Waals surface area contributed by atoms with E-state index < -0.39 is 0 Å². The van der Waals surface area contributed by atoms with Crippen molar-refractivity contribution in [1.29, 1.82) is 0 Å². The molecular weight excluding hydrogens is 296 g/mol. The van der Waals surface area contributed by atoms with Gasteiger partial charge in [-0.1, -0.05) is 38.1 Å². The Labute approximate surface area is 144 Å². The maximum Gasteiger partial charge on any atom is 0.146 e. The van der Waals surface area contributed by atoms with E-state index in [0.717, 1.165) is 41.3 Å². The van der Waals surface area contributed by atoms with E-state index in [1.807, 2.05) is 36.4 Å². The molecule has 1 aliphatic carbocycles. The van der Waals surface area contributed by atoms with Crippen LogP contribution in [-0.2, 0) is 4.74 Å². The second-order valence-electron chi connectivity index (χ2n) is 6.34. The normalized spacial score (nSPS) is 24.6. The number of benzene rings is 1. The predicted molar refractivity (Wildman–Crippen MR) is 101 cm³/mol. The van der Waals surface area contributed by atoms with Crippen LogP contribution in [0.5, 0.6) is 0 Å². The van der Waals surface area contributed by atoms with Crippen molar-refractivity contribution in [2.75, 3.05) is 7.11 Å². The SMILES string of the molecule is CCC1=CC(C)(CC)N=C2C(OC)=CC(=Nc3ccccc3)C=C12. The molecule has 0 bridgehead atoms. The van der Waals surface area contributed by atoms with Crippen LogP contribution in [0.25, 0.3) is 0 Å². The van der Waals surface area contributed by atoms with Crippen LogP contribution in [0, 0.1) is 0 Å². The summed E-state index contributed by atoms with van der Waals surface area (Å²) in [5.74, 6) is 0.793. The maximum absolute atomic E-state index is 5.64. The summed E-state index contributed by atoms with van der Waals surface area (Å²) in [7, 11) is 1.70. The lowest BCUT2D eigenvalue weighted by molar-refractivity contribution is 0.314. The zero-order chi connectivity index (χ0) is 17.2. The van der Waals surface area contributed by atoms with Crippen LogP contribution < -0.4 is 0 Å². The molecule has 1 heterocycles. The predicted octanol–water partition coefficient (Wildman–Crippen LogP) is 5.19. The van der Waals surface area contributed by atoms with Crippen molar-refractivity contribution in [2.45, 2.75) is 39.2 Å². The maximum atomic E-state index is 5.64. The standard InChI is InChI=1S/C21H24N2O/c1-5-15-14-21(3,6-2)23-20-18(15)12-17(13-19(20)24-4)22-16-10-8-7-9-11-16/h7-14H,5-6H2,1-4H3. The number of ether oxygens (including phenoxy) is 1. The van der Waals surface area contributed by atoms with Crippen molar-refractivity contribution >= 4 is 17.1 Å². The molecule has 24 heavy (non-hydrogen) atoms. The second-order valence-corrected chi connectivity index (χ2v) is 6.34. The molecule has 3 heteroatoms. The first kappa shape index (κ1) is 16.4. The molecule has 2 aliphatic rings. The highest BCUT2D eigenvalue weighted by molar-refractivity contribution is 6.25. The fourth-order valence-electron chi connectivity index (χ4n) is 3.04. The number of hydrogen-bond acceptors (Lipinski definition) is 3. The number of nitrogens with zero attached hydrogens (tertiary/aromatic N) is 2. The topological polar surface area (TPSA) is 34.0 Å². The molecule has 0 aromatic heterocycles. The minimum atomic E-state index is -0.163. The minimum absolute atomic E-state index is 0.163. The lowest BCUT2D eigenvalue weighted by Gasteiger charge is -2.31. The lowest BCUT2D eigenvalue weighted by atomic mass is 9.83. The fraction of sp³-hybridized carbons (Fsp3) is 0.333. The van der Waals surface area contributed by atoms with Crippen LogP contribution in [0.3, 0.4) is 0 Å².